The van der Waals surface area contributed by atoms with Crippen LogP contribution in [0.5, 0.6) is 0 Å². The Hall–Kier alpha value is -2.09. The van der Waals surface area contributed by atoms with E-state index in [1.807, 2.05) is 32.0 Å². The lowest BCUT2D eigenvalue weighted by molar-refractivity contribution is -0.143. The van der Waals surface area contributed by atoms with Gasteiger partial charge in [-0.05, 0) is 51.1 Å². The molecule has 1 saturated heterocycles. The lowest BCUT2D eigenvalue weighted by Gasteiger charge is -2.20. The van der Waals surface area contributed by atoms with E-state index in [9.17, 15) is 22.8 Å². The molecule has 1 heterocycles. The molecule has 8 heteroatoms. The summed E-state index contributed by atoms with van der Waals surface area (Å²) in [5.41, 5.74) is 2.92. The number of halogens is 3. The fourth-order valence-corrected chi connectivity index (χ4v) is 3.23. The summed E-state index contributed by atoms with van der Waals surface area (Å²) in [6.07, 6.45) is -3.66. The topological polar surface area (TPSA) is 52.7 Å². The Kier molecular flexibility index (Phi) is 6.86. The summed E-state index contributed by atoms with van der Waals surface area (Å²) in [5, 5.41) is 2.74. The van der Waals surface area contributed by atoms with Gasteiger partial charge in [0.25, 0.3) is 0 Å². The summed E-state index contributed by atoms with van der Waals surface area (Å²) in [4.78, 5) is 27.5. The largest absolute Gasteiger partial charge is 0.401 e. The number of rotatable bonds is 7. The van der Waals surface area contributed by atoms with Gasteiger partial charge in [0, 0.05) is 25.2 Å². The molecule has 1 atom stereocenters. The zero-order chi connectivity index (χ0) is 20.2. The fraction of sp³-hybridized carbons (Fsp3) is 0.579. The van der Waals surface area contributed by atoms with Crippen LogP contribution in [0.3, 0.4) is 0 Å². The van der Waals surface area contributed by atoms with E-state index in [0.29, 0.717) is 13.0 Å². The third-order valence-electron chi connectivity index (χ3n) is 4.83. The van der Waals surface area contributed by atoms with Gasteiger partial charge in [-0.25, -0.2) is 0 Å². The number of nitrogens with zero attached hydrogens (tertiary/aromatic N) is 2. The summed E-state index contributed by atoms with van der Waals surface area (Å²) in [6, 6.07) is 5.73. The molecule has 27 heavy (non-hydrogen) atoms. The molecule has 5 nitrogen and oxygen atoms in total. The van der Waals surface area contributed by atoms with E-state index in [2.05, 4.69) is 5.32 Å². The average molecular weight is 385 g/mol. The van der Waals surface area contributed by atoms with Gasteiger partial charge in [-0.3, -0.25) is 14.5 Å². The molecule has 0 radical (unpaired) electrons. The second-order valence-electron chi connectivity index (χ2n) is 7.12. The van der Waals surface area contributed by atoms with Gasteiger partial charge in [0.2, 0.25) is 11.8 Å². The monoisotopic (exact) mass is 385 g/mol. The molecule has 150 valence electrons. The van der Waals surface area contributed by atoms with Gasteiger partial charge >= 0.3 is 6.18 Å². The van der Waals surface area contributed by atoms with Crippen molar-refractivity contribution in [1.29, 1.82) is 0 Å². The van der Waals surface area contributed by atoms with Crippen molar-refractivity contribution in [3.8, 4) is 0 Å². The number of alkyl halides is 3. The Bertz CT molecular complexity index is 691. The van der Waals surface area contributed by atoms with Crippen LogP contribution in [0, 0.1) is 19.8 Å². The predicted molar refractivity (Wildman–Crippen MR) is 97.6 cm³/mol. The van der Waals surface area contributed by atoms with Crippen molar-refractivity contribution in [1.82, 2.24) is 10.2 Å². The molecule has 1 N–H and O–H groups in total. The molecule has 1 aromatic carbocycles. The number of benzene rings is 1. The first-order valence-electron chi connectivity index (χ1n) is 8.98. The molecular formula is C19H26F3N3O2. The van der Waals surface area contributed by atoms with Crippen LogP contribution in [-0.2, 0) is 9.59 Å². The highest BCUT2D eigenvalue weighted by Crippen LogP contribution is 2.29. The van der Waals surface area contributed by atoms with Crippen molar-refractivity contribution in [2.24, 2.45) is 5.92 Å². The van der Waals surface area contributed by atoms with Crippen molar-refractivity contribution < 1.29 is 22.8 Å². The fourth-order valence-electron chi connectivity index (χ4n) is 3.23. The Labute approximate surface area is 157 Å². The minimum atomic E-state index is -4.22. The van der Waals surface area contributed by atoms with Crippen LogP contribution in [-0.4, -0.2) is 56.1 Å². The lowest BCUT2D eigenvalue weighted by atomic mass is 10.1. The van der Waals surface area contributed by atoms with Gasteiger partial charge in [0.05, 0.1) is 12.5 Å². The maximum atomic E-state index is 12.3. The first-order valence-corrected chi connectivity index (χ1v) is 8.98. The highest BCUT2D eigenvalue weighted by atomic mass is 19.4. The predicted octanol–water partition coefficient (Wildman–Crippen LogP) is 2.66. The van der Waals surface area contributed by atoms with Gasteiger partial charge in [-0.1, -0.05) is 12.1 Å². The molecule has 0 aliphatic carbocycles. The molecule has 2 amide bonds. The van der Waals surface area contributed by atoms with Crippen molar-refractivity contribution in [2.45, 2.75) is 32.9 Å². The second kappa shape index (κ2) is 8.73. The van der Waals surface area contributed by atoms with Crippen molar-refractivity contribution in [2.75, 3.05) is 38.1 Å². The summed E-state index contributed by atoms with van der Waals surface area (Å²) < 4.78 is 36.8. The summed E-state index contributed by atoms with van der Waals surface area (Å²) in [6.45, 7) is 3.79. The van der Waals surface area contributed by atoms with E-state index in [1.165, 1.54) is 11.9 Å². The Morgan fingerprint density at radius 2 is 2.04 bits per heavy atom. The summed E-state index contributed by atoms with van der Waals surface area (Å²) >= 11 is 0. The number of hydrogen-bond donors (Lipinski definition) is 1. The second-order valence-corrected chi connectivity index (χ2v) is 7.12. The van der Waals surface area contributed by atoms with E-state index in [0.717, 1.165) is 16.8 Å². The van der Waals surface area contributed by atoms with Gasteiger partial charge in [0.1, 0.15) is 0 Å². The van der Waals surface area contributed by atoms with Gasteiger partial charge in [-0.15, -0.1) is 0 Å². The molecule has 1 fully saturated rings. The number of aryl methyl sites for hydroxylation is 1. The number of hydrogen-bond acceptors (Lipinski definition) is 3. The number of anilines is 1. The number of nitrogens with one attached hydrogen (secondary N) is 1. The van der Waals surface area contributed by atoms with Crippen LogP contribution in [0.1, 0.15) is 24.0 Å². The zero-order valence-corrected chi connectivity index (χ0v) is 15.9. The normalized spacial score (nSPS) is 17.7. The summed E-state index contributed by atoms with van der Waals surface area (Å²) in [7, 11) is 1.40. The first-order chi connectivity index (χ1) is 12.6. The maximum Gasteiger partial charge on any atom is 0.401 e. The van der Waals surface area contributed by atoms with Crippen LogP contribution in [0.2, 0.25) is 0 Å². The maximum absolute atomic E-state index is 12.3. The quantitative estimate of drug-likeness (QED) is 0.735. The molecule has 1 unspecified atom stereocenters. The smallest absolute Gasteiger partial charge is 0.356 e. The minimum absolute atomic E-state index is 0.0891. The van der Waals surface area contributed by atoms with E-state index < -0.39 is 18.6 Å². The number of amides is 2. The third kappa shape index (κ3) is 5.95. The molecule has 0 spiro atoms. The van der Waals surface area contributed by atoms with Gasteiger partial charge < -0.3 is 10.2 Å². The average Bonchev–Trinajstić information content (AvgIpc) is 2.94. The van der Waals surface area contributed by atoms with Crippen molar-refractivity contribution in [3.05, 3.63) is 29.3 Å². The zero-order valence-electron chi connectivity index (χ0n) is 15.9. The van der Waals surface area contributed by atoms with Crippen LogP contribution < -0.4 is 10.2 Å². The Morgan fingerprint density at radius 3 is 2.70 bits per heavy atom. The molecule has 1 aromatic rings. The van der Waals surface area contributed by atoms with E-state index in [-0.39, 0.29) is 31.3 Å². The highest BCUT2D eigenvalue weighted by molar-refractivity contribution is 6.00. The van der Waals surface area contributed by atoms with Crippen molar-refractivity contribution in [3.63, 3.8) is 0 Å². The number of carbonyl (C=O) groups is 2. The lowest BCUT2D eigenvalue weighted by Crippen LogP contribution is -2.36. The Balaban J connectivity index is 1.81. The Morgan fingerprint density at radius 1 is 1.33 bits per heavy atom. The summed E-state index contributed by atoms with van der Waals surface area (Å²) in [5.74, 6) is -0.756. The van der Waals surface area contributed by atoms with E-state index in [4.69, 9.17) is 0 Å². The highest BCUT2D eigenvalue weighted by Gasteiger charge is 2.35. The van der Waals surface area contributed by atoms with Crippen LogP contribution in [0.4, 0.5) is 18.9 Å². The van der Waals surface area contributed by atoms with Crippen LogP contribution in [0.15, 0.2) is 18.2 Å². The van der Waals surface area contributed by atoms with E-state index >= 15 is 0 Å². The first kappa shape index (κ1) is 21.2. The van der Waals surface area contributed by atoms with Crippen LogP contribution >= 0.6 is 0 Å². The molecule has 1 aliphatic rings. The van der Waals surface area contributed by atoms with Gasteiger partial charge in [-0.2, -0.15) is 13.2 Å². The molecule has 0 bridgehead atoms. The molecule has 0 saturated carbocycles. The molecule has 0 aromatic heterocycles. The van der Waals surface area contributed by atoms with Crippen LogP contribution in [0.25, 0.3) is 0 Å². The molecular weight excluding hydrogens is 359 g/mol. The van der Waals surface area contributed by atoms with Crippen molar-refractivity contribution >= 4 is 17.5 Å². The van der Waals surface area contributed by atoms with Gasteiger partial charge in [0.15, 0.2) is 0 Å². The minimum Gasteiger partial charge on any atom is -0.356 e. The van der Waals surface area contributed by atoms with E-state index in [1.54, 1.807) is 4.90 Å². The third-order valence-corrected chi connectivity index (χ3v) is 4.83. The number of carbonyl (C=O) groups excluding carboxylic acids is 2. The standard InChI is InChI=1S/C19H26F3N3O2/c1-13-6-4-7-16(14(13)2)25-11-15(10-17(25)26)18(27)23-8-5-9-24(3)12-19(20,21)22/h4,6-7,15H,5,8-12H2,1-3H3,(H,23,27). The molecule has 1 aliphatic heterocycles. The molecule has 2 rings (SSSR count). The SMILES string of the molecule is Cc1cccc(N2CC(C(=O)NCCCN(C)CC(F)(F)F)CC2=O)c1C.